The van der Waals surface area contributed by atoms with E-state index in [1.165, 1.54) is 16.3 Å². The summed E-state index contributed by atoms with van der Waals surface area (Å²) in [6.45, 7) is 3.86. The molecule has 4 atom stereocenters. The van der Waals surface area contributed by atoms with Crippen LogP contribution in [0.25, 0.3) is 10.8 Å². The van der Waals surface area contributed by atoms with Gasteiger partial charge in [-0.3, -0.25) is 4.90 Å². The first-order chi connectivity index (χ1) is 22.9. The maximum atomic E-state index is 12.4. The molecule has 0 bridgehead atoms. The Balaban J connectivity index is 1.12. The summed E-state index contributed by atoms with van der Waals surface area (Å²) in [7, 11) is 2.15. The lowest BCUT2D eigenvalue weighted by Crippen LogP contribution is -2.38. The van der Waals surface area contributed by atoms with Gasteiger partial charge in [0.1, 0.15) is 0 Å². The van der Waals surface area contributed by atoms with Crippen molar-refractivity contribution in [2.24, 2.45) is 0 Å². The molecule has 2 amide bonds. The second-order valence-corrected chi connectivity index (χ2v) is 12.3. The van der Waals surface area contributed by atoms with Crippen LogP contribution in [0.2, 0.25) is 0 Å². The third-order valence-corrected chi connectivity index (χ3v) is 9.02. The smallest absolute Gasteiger partial charge is 0.315 e. The first kappa shape index (κ1) is 32.4. The lowest BCUT2D eigenvalue weighted by Gasteiger charge is -2.39. The van der Waals surface area contributed by atoms with Crippen molar-refractivity contribution in [3.05, 3.63) is 155 Å². The zero-order valence-electron chi connectivity index (χ0n) is 27.0. The van der Waals surface area contributed by atoms with Crippen molar-refractivity contribution < 1.29 is 19.4 Å². The van der Waals surface area contributed by atoms with Crippen LogP contribution in [0.3, 0.4) is 0 Å². The predicted octanol–water partition coefficient (Wildman–Crippen LogP) is 7.57. The number of carbonyl (C=O) groups excluding carboxylic acids is 1. The number of rotatable bonds is 11. The van der Waals surface area contributed by atoms with E-state index in [0.29, 0.717) is 19.5 Å². The second-order valence-electron chi connectivity index (χ2n) is 12.3. The van der Waals surface area contributed by atoms with E-state index in [4.69, 9.17) is 9.47 Å². The van der Waals surface area contributed by atoms with Gasteiger partial charge in [0.25, 0.3) is 0 Å². The highest BCUT2D eigenvalue weighted by molar-refractivity contribution is 5.83. The Hall–Kier alpha value is -4.53. The summed E-state index contributed by atoms with van der Waals surface area (Å²) in [6, 6.07) is 41.0. The maximum absolute atomic E-state index is 12.4. The van der Waals surface area contributed by atoms with Gasteiger partial charge in [-0.25, -0.2) is 4.79 Å². The van der Waals surface area contributed by atoms with Crippen molar-refractivity contribution in [3.63, 3.8) is 0 Å². The van der Waals surface area contributed by atoms with Gasteiger partial charge in [-0.1, -0.05) is 115 Å². The molecule has 0 radical (unpaired) electrons. The van der Waals surface area contributed by atoms with E-state index in [1.54, 1.807) is 0 Å². The number of urea groups is 1. The van der Waals surface area contributed by atoms with E-state index in [-0.39, 0.29) is 30.9 Å². The van der Waals surface area contributed by atoms with Crippen LogP contribution in [0, 0.1) is 0 Å². The molecular formula is C40H43N3O4. The van der Waals surface area contributed by atoms with Crippen LogP contribution in [0.4, 0.5) is 4.79 Å². The fourth-order valence-corrected chi connectivity index (χ4v) is 6.05. The van der Waals surface area contributed by atoms with Gasteiger partial charge in [-0.15, -0.1) is 0 Å². The summed E-state index contributed by atoms with van der Waals surface area (Å²) in [5.74, 6) is 0. The van der Waals surface area contributed by atoms with Crippen molar-refractivity contribution in [2.75, 3.05) is 13.6 Å². The van der Waals surface area contributed by atoms with Crippen molar-refractivity contribution in [1.82, 2.24) is 15.5 Å². The van der Waals surface area contributed by atoms with Crippen molar-refractivity contribution in [2.45, 2.75) is 57.6 Å². The Kier molecular flexibility index (Phi) is 10.6. The van der Waals surface area contributed by atoms with Gasteiger partial charge >= 0.3 is 6.03 Å². The number of nitrogens with zero attached hydrogens (tertiary/aromatic N) is 1. The van der Waals surface area contributed by atoms with Crippen LogP contribution >= 0.6 is 0 Å². The molecule has 1 aliphatic heterocycles. The summed E-state index contributed by atoms with van der Waals surface area (Å²) >= 11 is 0. The minimum Gasteiger partial charge on any atom is -0.392 e. The normalized spacial score (nSPS) is 18.6. The Labute approximate surface area is 277 Å². The summed E-state index contributed by atoms with van der Waals surface area (Å²) in [5.41, 5.74) is 6.16. The van der Waals surface area contributed by atoms with Crippen LogP contribution < -0.4 is 10.6 Å². The van der Waals surface area contributed by atoms with Gasteiger partial charge in [-0.2, -0.15) is 0 Å². The summed E-state index contributed by atoms with van der Waals surface area (Å²) in [5, 5.41) is 17.9. The molecule has 47 heavy (non-hydrogen) atoms. The maximum Gasteiger partial charge on any atom is 0.315 e. The molecule has 0 saturated carbocycles. The highest BCUT2D eigenvalue weighted by atomic mass is 16.7. The molecule has 7 heteroatoms. The third kappa shape index (κ3) is 8.44. The highest BCUT2D eigenvalue weighted by Crippen LogP contribution is 2.39. The van der Waals surface area contributed by atoms with Gasteiger partial charge in [0.05, 0.1) is 18.8 Å². The van der Waals surface area contributed by atoms with Crippen molar-refractivity contribution in [3.8, 4) is 0 Å². The molecule has 0 aliphatic carbocycles. The number of carbonyl (C=O) groups is 1. The number of aliphatic hydroxyl groups excluding tert-OH is 1. The summed E-state index contributed by atoms with van der Waals surface area (Å²) < 4.78 is 13.2. The minimum atomic E-state index is -0.545. The Morgan fingerprint density at radius 3 is 2.09 bits per heavy atom. The fraction of sp³-hybridized carbons (Fsp3) is 0.275. The summed E-state index contributed by atoms with van der Waals surface area (Å²) in [6.07, 6.45) is -0.0645. The largest absolute Gasteiger partial charge is 0.392 e. The Morgan fingerprint density at radius 1 is 0.766 bits per heavy atom. The zero-order valence-corrected chi connectivity index (χ0v) is 27.0. The molecule has 0 aromatic heterocycles. The molecular weight excluding hydrogens is 586 g/mol. The first-order valence-corrected chi connectivity index (χ1v) is 16.3. The molecule has 0 spiro atoms. The number of benzene rings is 5. The van der Waals surface area contributed by atoms with Gasteiger partial charge < -0.3 is 25.2 Å². The zero-order chi connectivity index (χ0) is 32.6. The van der Waals surface area contributed by atoms with E-state index in [2.05, 4.69) is 72.0 Å². The van der Waals surface area contributed by atoms with E-state index >= 15 is 0 Å². The number of amides is 2. The van der Waals surface area contributed by atoms with Crippen LogP contribution in [0.15, 0.2) is 121 Å². The lowest BCUT2D eigenvalue weighted by molar-refractivity contribution is -0.253. The molecule has 1 fully saturated rings. The Bertz CT molecular complexity index is 1740. The van der Waals surface area contributed by atoms with Gasteiger partial charge in [0, 0.05) is 37.7 Å². The molecule has 5 aromatic rings. The SMILES string of the molecule is CC(c1ccc2ccccc2c1)N(C)CC1CC(c2ccc(CO)cc2)OC(c2ccc(CNC(=O)NCc3ccccc3)cc2)O1. The number of aliphatic hydroxyl groups is 1. The van der Waals surface area contributed by atoms with Crippen LogP contribution in [-0.2, 0) is 29.2 Å². The first-order valence-electron chi connectivity index (χ1n) is 16.3. The number of likely N-dealkylation sites (N-methyl/N-ethyl adjacent to an activating group) is 1. The Morgan fingerprint density at radius 2 is 1.38 bits per heavy atom. The predicted molar refractivity (Wildman–Crippen MR) is 185 cm³/mol. The second kappa shape index (κ2) is 15.4. The van der Waals surface area contributed by atoms with Crippen molar-refractivity contribution in [1.29, 1.82) is 0 Å². The minimum absolute atomic E-state index is 0.00745. The average Bonchev–Trinajstić information content (AvgIpc) is 3.13. The molecule has 5 aromatic carbocycles. The number of nitrogens with one attached hydrogen (secondary N) is 2. The van der Waals surface area contributed by atoms with E-state index in [9.17, 15) is 9.90 Å². The van der Waals surface area contributed by atoms with E-state index in [1.807, 2.05) is 78.9 Å². The standard InChI is InChI=1S/C40H43N3O4/c1-28(35-21-20-32-10-6-7-11-36(32)22-35)43(2)26-37-23-38(33-16-14-31(27-44)15-17-33)47-39(46-37)34-18-12-30(13-19-34)25-42-40(45)41-24-29-8-4-3-5-9-29/h3-22,28,37-39,44H,23-27H2,1-2H3,(H2,41,42,45). The monoisotopic (exact) mass is 629 g/mol. The third-order valence-electron chi connectivity index (χ3n) is 9.02. The topological polar surface area (TPSA) is 83.1 Å². The van der Waals surface area contributed by atoms with Crippen LogP contribution in [0.5, 0.6) is 0 Å². The van der Waals surface area contributed by atoms with E-state index < -0.39 is 6.29 Å². The number of hydrogen-bond acceptors (Lipinski definition) is 5. The molecule has 1 aliphatic rings. The lowest BCUT2D eigenvalue weighted by atomic mass is 9.98. The molecule has 242 valence electrons. The number of hydrogen-bond donors (Lipinski definition) is 3. The van der Waals surface area contributed by atoms with Gasteiger partial charge in [0.15, 0.2) is 6.29 Å². The van der Waals surface area contributed by atoms with Gasteiger partial charge in [-0.05, 0) is 58.6 Å². The molecule has 1 saturated heterocycles. The average molecular weight is 630 g/mol. The number of fused-ring (bicyclic) bond motifs is 1. The molecule has 4 unspecified atom stereocenters. The van der Waals surface area contributed by atoms with E-state index in [0.717, 1.165) is 34.4 Å². The van der Waals surface area contributed by atoms with Crippen LogP contribution in [-0.4, -0.2) is 35.7 Å². The molecule has 7 nitrogen and oxygen atoms in total. The highest BCUT2D eigenvalue weighted by Gasteiger charge is 2.33. The molecule has 1 heterocycles. The quantitative estimate of drug-likeness (QED) is 0.140. The van der Waals surface area contributed by atoms with Crippen LogP contribution in [0.1, 0.15) is 65.2 Å². The molecule has 3 N–H and O–H groups in total. The fourth-order valence-electron chi connectivity index (χ4n) is 6.05. The number of ether oxygens (including phenoxy) is 2. The van der Waals surface area contributed by atoms with Crippen molar-refractivity contribution >= 4 is 16.8 Å². The van der Waals surface area contributed by atoms with Gasteiger partial charge in [0.2, 0.25) is 0 Å². The summed E-state index contributed by atoms with van der Waals surface area (Å²) in [4.78, 5) is 14.7. The molecule has 6 rings (SSSR count).